The monoisotopic (exact) mass is 433 g/mol. The van der Waals surface area contributed by atoms with Gasteiger partial charge in [0.25, 0.3) is 5.69 Å². The van der Waals surface area contributed by atoms with E-state index in [0.29, 0.717) is 17.1 Å². The SMILES string of the molecule is Cc1ccc2nc(-c3ccc(NC(=O)/C=C/c4ccc(Cl)c([N+](=O)[O-])c4)cc3)oc2c1. The van der Waals surface area contributed by atoms with E-state index in [4.69, 9.17) is 16.0 Å². The van der Waals surface area contributed by atoms with Gasteiger partial charge < -0.3 is 9.73 Å². The molecule has 0 unspecified atom stereocenters. The van der Waals surface area contributed by atoms with E-state index >= 15 is 0 Å². The number of fused-ring (bicyclic) bond motifs is 1. The number of carbonyl (C=O) groups excluding carboxylic acids is 1. The highest BCUT2D eigenvalue weighted by Gasteiger charge is 2.12. The van der Waals surface area contributed by atoms with E-state index in [1.165, 1.54) is 24.3 Å². The molecule has 0 aliphatic carbocycles. The number of nitrogens with one attached hydrogen (secondary N) is 1. The molecule has 0 bridgehead atoms. The maximum Gasteiger partial charge on any atom is 0.288 e. The lowest BCUT2D eigenvalue weighted by atomic mass is 10.2. The Morgan fingerprint density at radius 3 is 2.65 bits per heavy atom. The number of halogens is 1. The lowest BCUT2D eigenvalue weighted by molar-refractivity contribution is -0.384. The van der Waals surface area contributed by atoms with Crippen molar-refractivity contribution in [1.29, 1.82) is 0 Å². The number of benzene rings is 3. The van der Waals surface area contributed by atoms with Crippen molar-refractivity contribution in [2.75, 3.05) is 5.32 Å². The molecule has 0 saturated carbocycles. The van der Waals surface area contributed by atoms with Crippen LogP contribution >= 0.6 is 11.6 Å². The van der Waals surface area contributed by atoms with E-state index in [1.807, 2.05) is 25.1 Å². The van der Waals surface area contributed by atoms with Gasteiger partial charge in [0.1, 0.15) is 10.5 Å². The maximum atomic E-state index is 12.2. The van der Waals surface area contributed by atoms with Gasteiger partial charge in [0.05, 0.1) is 4.92 Å². The molecule has 4 aromatic rings. The second-order valence-electron chi connectivity index (χ2n) is 6.86. The fourth-order valence-electron chi connectivity index (χ4n) is 2.98. The van der Waals surface area contributed by atoms with Gasteiger partial charge in [0.15, 0.2) is 5.58 Å². The minimum Gasteiger partial charge on any atom is -0.436 e. The van der Waals surface area contributed by atoms with Crippen LogP contribution in [-0.2, 0) is 4.79 Å². The van der Waals surface area contributed by atoms with E-state index in [9.17, 15) is 14.9 Å². The maximum absolute atomic E-state index is 12.2. The number of anilines is 1. The predicted octanol–water partition coefficient (Wildman–Crippen LogP) is 6.02. The summed E-state index contributed by atoms with van der Waals surface area (Å²) in [5.74, 6) is 0.130. The van der Waals surface area contributed by atoms with Gasteiger partial charge in [-0.05, 0) is 66.6 Å². The average Bonchev–Trinajstić information content (AvgIpc) is 3.16. The average molecular weight is 434 g/mol. The van der Waals surface area contributed by atoms with Crippen LogP contribution < -0.4 is 5.32 Å². The first-order chi connectivity index (χ1) is 14.9. The van der Waals surface area contributed by atoms with Crippen molar-refractivity contribution in [3.63, 3.8) is 0 Å². The number of rotatable bonds is 5. The molecule has 0 spiro atoms. The first kappa shape index (κ1) is 20.3. The minimum absolute atomic E-state index is 0.0424. The Kier molecular flexibility index (Phi) is 5.51. The van der Waals surface area contributed by atoms with Crippen molar-refractivity contribution in [1.82, 2.24) is 4.98 Å². The molecule has 7 nitrogen and oxygen atoms in total. The van der Waals surface area contributed by atoms with Gasteiger partial charge in [-0.25, -0.2) is 4.98 Å². The molecular formula is C23H16ClN3O4. The summed E-state index contributed by atoms with van der Waals surface area (Å²) < 4.78 is 5.81. The fraction of sp³-hybridized carbons (Fsp3) is 0.0435. The first-order valence-corrected chi connectivity index (χ1v) is 9.67. The Labute approximate surface area is 182 Å². The molecule has 1 amide bonds. The molecule has 154 valence electrons. The number of aromatic nitrogens is 1. The fourth-order valence-corrected chi connectivity index (χ4v) is 3.17. The van der Waals surface area contributed by atoms with Crippen LogP contribution in [0.2, 0.25) is 5.02 Å². The third-order valence-corrected chi connectivity index (χ3v) is 4.86. The lowest BCUT2D eigenvalue weighted by Crippen LogP contribution is -2.07. The number of oxazole rings is 1. The molecule has 0 fully saturated rings. The van der Waals surface area contributed by atoms with Gasteiger partial charge in [-0.2, -0.15) is 0 Å². The van der Waals surface area contributed by atoms with Crippen LogP contribution in [0.4, 0.5) is 11.4 Å². The lowest BCUT2D eigenvalue weighted by Gasteiger charge is -2.03. The molecule has 0 radical (unpaired) electrons. The van der Waals surface area contributed by atoms with Crippen molar-refractivity contribution in [3.8, 4) is 11.5 Å². The second kappa shape index (κ2) is 8.41. The normalized spacial score (nSPS) is 11.2. The highest BCUT2D eigenvalue weighted by molar-refractivity contribution is 6.32. The number of nitrogens with zero attached hydrogens (tertiary/aromatic N) is 2. The standard InChI is InChI=1S/C23H16ClN3O4/c1-14-2-10-19-21(12-14)31-23(26-19)16-5-7-17(8-6-16)25-22(28)11-4-15-3-9-18(24)20(13-15)27(29)30/h2-13H,1H3,(H,25,28)/b11-4+. The van der Waals surface area contributed by atoms with Gasteiger partial charge in [0, 0.05) is 23.4 Å². The number of carbonyl (C=O) groups is 1. The van der Waals surface area contributed by atoms with Crippen LogP contribution in [0.1, 0.15) is 11.1 Å². The summed E-state index contributed by atoms with van der Waals surface area (Å²) in [5.41, 5.74) is 4.25. The van der Waals surface area contributed by atoms with Gasteiger partial charge in [0.2, 0.25) is 11.8 Å². The van der Waals surface area contributed by atoms with Crippen LogP contribution in [0, 0.1) is 17.0 Å². The third kappa shape index (κ3) is 4.62. The van der Waals surface area contributed by atoms with Crippen molar-refractivity contribution in [2.45, 2.75) is 6.92 Å². The van der Waals surface area contributed by atoms with Crippen LogP contribution in [0.5, 0.6) is 0 Å². The van der Waals surface area contributed by atoms with Crippen LogP contribution in [0.25, 0.3) is 28.6 Å². The Hall–Kier alpha value is -3.97. The summed E-state index contributed by atoms with van der Waals surface area (Å²) in [4.78, 5) is 27.1. The van der Waals surface area contributed by atoms with Crippen LogP contribution in [0.15, 0.2) is 71.2 Å². The summed E-state index contributed by atoms with van der Waals surface area (Å²) in [6, 6.07) is 17.2. The Bertz CT molecular complexity index is 1330. The third-order valence-electron chi connectivity index (χ3n) is 4.54. The first-order valence-electron chi connectivity index (χ1n) is 9.30. The number of hydrogen-bond donors (Lipinski definition) is 1. The van der Waals surface area contributed by atoms with Crippen LogP contribution in [0.3, 0.4) is 0 Å². The molecule has 3 aromatic carbocycles. The van der Waals surface area contributed by atoms with Gasteiger partial charge in [-0.1, -0.05) is 23.7 Å². The number of nitro groups is 1. The second-order valence-corrected chi connectivity index (χ2v) is 7.27. The molecule has 0 saturated heterocycles. The Balaban J connectivity index is 1.45. The number of nitro benzene ring substituents is 1. The zero-order chi connectivity index (χ0) is 22.0. The summed E-state index contributed by atoms with van der Waals surface area (Å²) in [6.07, 6.45) is 2.78. The van der Waals surface area contributed by atoms with Gasteiger partial charge in [-0.15, -0.1) is 0 Å². The highest BCUT2D eigenvalue weighted by atomic mass is 35.5. The van der Waals surface area contributed by atoms with Crippen molar-refractivity contribution in [2.24, 2.45) is 0 Å². The molecule has 1 heterocycles. The molecule has 0 atom stereocenters. The molecule has 8 heteroatoms. The zero-order valence-corrected chi connectivity index (χ0v) is 17.1. The Morgan fingerprint density at radius 1 is 1.13 bits per heavy atom. The zero-order valence-electron chi connectivity index (χ0n) is 16.3. The quantitative estimate of drug-likeness (QED) is 0.236. The minimum atomic E-state index is -0.570. The number of amides is 1. The predicted molar refractivity (Wildman–Crippen MR) is 120 cm³/mol. The Morgan fingerprint density at radius 2 is 1.90 bits per heavy atom. The summed E-state index contributed by atoms with van der Waals surface area (Å²) in [5, 5.41) is 13.7. The number of hydrogen-bond acceptors (Lipinski definition) is 5. The summed E-state index contributed by atoms with van der Waals surface area (Å²) in [7, 11) is 0. The van der Waals surface area contributed by atoms with E-state index in [0.717, 1.165) is 22.2 Å². The molecule has 0 aliphatic heterocycles. The van der Waals surface area contributed by atoms with Crippen LogP contribution in [-0.4, -0.2) is 15.8 Å². The topological polar surface area (TPSA) is 98.3 Å². The summed E-state index contributed by atoms with van der Waals surface area (Å²) in [6.45, 7) is 1.99. The van der Waals surface area contributed by atoms with Crippen molar-refractivity contribution >= 4 is 46.1 Å². The molecule has 0 aliphatic rings. The van der Waals surface area contributed by atoms with E-state index in [2.05, 4.69) is 10.3 Å². The molecule has 4 rings (SSSR count). The van der Waals surface area contributed by atoms with Crippen molar-refractivity contribution in [3.05, 3.63) is 93.0 Å². The smallest absolute Gasteiger partial charge is 0.288 e. The summed E-state index contributed by atoms with van der Waals surface area (Å²) >= 11 is 5.79. The largest absolute Gasteiger partial charge is 0.436 e. The molecular weight excluding hydrogens is 418 g/mol. The molecule has 1 aromatic heterocycles. The van der Waals surface area contributed by atoms with E-state index in [1.54, 1.807) is 30.3 Å². The molecule has 31 heavy (non-hydrogen) atoms. The van der Waals surface area contributed by atoms with Gasteiger partial charge >= 0.3 is 0 Å². The van der Waals surface area contributed by atoms with Gasteiger partial charge in [-0.3, -0.25) is 14.9 Å². The van der Waals surface area contributed by atoms with E-state index in [-0.39, 0.29) is 16.6 Å². The van der Waals surface area contributed by atoms with Crippen molar-refractivity contribution < 1.29 is 14.1 Å². The number of aryl methyl sites for hydroxylation is 1. The molecule has 1 N–H and O–H groups in total. The highest BCUT2D eigenvalue weighted by Crippen LogP contribution is 2.27. The van der Waals surface area contributed by atoms with E-state index < -0.39 is 4.92 Å².